The van der Waals surface area contributed by atoms with Crippen LogP contribution in [0.2, 0.25) is 0 Å². The number of aromatic hydroxyl groups is 1. The Kier molecular flexibility index (Phi) is 5.65. The molecule has 2 fully saturated rings. The number of hydrogen-bond donors (Lipinski definition) is 1. The Morgan fingerprint density at radius 1 is 1.13 bits per heavy atom. The normalized spacial score (nSPS) is 30.4. The van der Waals surface area contributed by atoms with E-state index in [0.717, 1.165) is 11.1 Å². The van der Waals surface area contributed by atoms with Gasteiger partial charge in [0.25, 0.3) is 0 Å². The number of benzene rings is 2. The number of phenolic OH excluding ortho intramolecular Hbond substituents is 1. The van der Waals surface area contributed by atoms with Crippen molar-refractivity contribution < 1.29 is 33.7 Å². The lowest BCUT2D eigenvalue weighted by Crippen LogP contribution is -2.74. The fourth-order valence-corrected chi connectivity index (χ4v) is 6.50. The van der Waals surface area contributed by atoms with Crippen molar-refractivity contribution in [3.05, 3.63) is 89.0 Å². The third-order valence-electron chi connectivity index (χ3n) is 8.23. The van der Waals surface area contributed by atoms with Gasteiger partial charge in [-0.3, -0.25) is 9.59 Å². The Hall–Kier alpha value is -3.97. The minimum atomic E-state index is -1.38. The molecular formula is C31H28O7. The number of rotatable bonds is 6. The molecule has 5 aliphatic rings. The van der Waals surface area contributed by atoms with Gasteiger partial charge in [-0.1, -0.05) is 54.1 Å². The number of hydrogen-bond acceptors (Lipinski definition) is 7. The molecule has 0 radical (unpaired) electrons. The minimum absolute atomic E-state index is 0.0168. The van der Waals surface area contributed by atoms with Gasteiger partial charge in [0.2, 0.25) is 0 Å². The molecule has 1 saturated carbocycles. The van der Waals surface area contributed by atoms with Crippen LogP contribution in [0.4, 0.5) is 0 Å². The Morgan fingerprint density at radius 3 is 2.68 bits per heavy atom. The number of carbonyl (C=O) groups excluding carboxylic acids is 3. The topological polar surface area (TPSA) is 99.1 Å². The van der Waals surface area contributed by atoms with Gasteiger partial charge in [0.1, 0.15) is 17.1 Å². The van der Waals surface area contributed by atoms with Crippen LogP contribution in [0, 0.1) is 17.8 Å². The number of allylic oxidation sites excluding steroid dienone is 2. The average molecular weight is 513 g/mol. The van der Waals surface area contributed by atoms with Gasteiger partial charge in [-0.25, -0.2) is 4.79 Å². The molecule has 1 saturated heterocycles. The molecule has 194 valence electrons. The van der Waals surface area contributed by atoms with Gasteiger partial charge in [0.05, 0.1) is 13.2 Å². The first kappa shape index (κ1) is 24.4. The molecule has 7 rings (SSSR count). The van der Waals surface area contributed by atoms with Crippen LogP contribution in [0.25, 0.3) is 6.08 Å². The monoisotopic (exact) mass is 512 g/mol. The number of ketones is 2. The Balaban J connectivity index is 1.37. The largest absolute Gasteiger partial charge is 0.507 e. The summed E-state index contributed by atoms with van der Waals surface area (Å²) in [5, 5.41) is 10.5. The lowest BCUT2D eigenvalue weighted by molar-refractivity contribution is -0.174. The molecule has 0 aromatic heterocycles. The second kappa shape index (κ2) is 8.81. The number of Topliss-reactive ketones (excluding diaryl/α,β-unsaturated/α-hetero) is 2. The standard InChI is InChI=1S/C31H28O7/c1-18(2)13-14-30-29(35)20-15-22-28(34)27-24(32)9-6-10-25(27)38-31(22,30)23(17-37-30)21(20)16-36-26(33)12-11-19-7-4-3-5-8-19/h3-13,15,20-21,23,32H,14,16-17H2,1-2H3/b12-11+/t20-,21+,23-,30?,31-/m1/s1. The molecule has 2 aliphatic heterocycles. The van der Waals surface area contributed by atoms with E-state index in [1.54, 1.807) is 24.3 Å². The van der Waals surface area contributed by atoms with Crippen LogP contribution >= 0.6 is 0 Å². The Bertz CT molecular complexity index is 1430. The highest BCUT2D eigenvalue weighted by atomic mass is 16.6. The Morgan fingerprint density at radius 2 is 1.92 bits per heavy atom. The van der Waals surface area contributed by atoms with Crippen molar-refractivity contribution in [1.82, 2.24) is 0 Å². The highest BCUT2D eigenvalue weighted by Crippen LogP contribution is 2.65. The van der Waals surface area contributed by atoms with E-state index in [4.69, 9.17) is 14.2 Å². The molecule has 7 nitrogen and oxygen atoms in total. The molecule has 1 N–H and O–H groups in total. The van der Waals surface area contributed by atoms with E-state index in [0.29, 0.717) is 5.57 Å². The van der Waals surface area contributed by atoms with Crippen LogP contribution in [-0.2, 0) is 19.1 Å². The van der Waals surface area contributed by atoms with Crippen molar-refractivity contribution in [2.75, 3.05) is 13.2 Å². The fraction of sp³-hybridized carbons (Fsp3) is 0.323. The summed E-state index contributed by atoms with van der Waals surface area (Å²) in [5.74, 6) is -2.51. The molecule has 3 aliphatic carbocycles. The maximum absolute atomic E-state index is 14.1. The van der Waals surface area contributed by atoms with Crippen molar-refractivity contribution in [3.8, 4) is 11.5 Å². The first-order chi connectivity index (χ1) is 18.3. The van der Waals surface area contributed by atoms with Crippen LogP contribution in [0.15, 0.2) is 77.9 Å². The maximum Gasteiger partial charge on any atom is 0.330 e. The molecule has 38 heavy (non-hydrogen) atoms. The zero-order valence-corrected chi connectivity index (χ0v) is 21.2. The second-order valence-corrected chi connectivity index (χ2v) is 10.6. The predicted octanol–water partition coefficient (Wildman–Crippen LogP) is 4.46. The molecule has 1 spiro atoms. The fourth-order valence-electron chi connectivity index (χ4n) is 6.50. The summed E-state index contributed by atoms with van der Waals surface area (Å²) in [4.78, 5) is 40.4. The number of fused-ring (bicyclic) bond motifs is 1. The van der Waals surface area contributed by atoms with E-state index in [-0.39, 0.29) is 48.3 Å². The molecular weight excluding hydrogens is 484 g/mol. The molecule has 7 heteroatoms. The van der Waals surface area contributed by atoms with Crippen LogP contribution in [0.1, 0.15) is 36.2 Å². The lowest BCUT2D eigenvalue weighted by Gasteiger charge is -2.58. The van der Waals surface area contributed by atoms with Gasteiger partial charge < -0.3 is 19.3 Å². The van der Waals surface area contributed by atoms with Gasteiger partial charge in [-0.05, 0) is 37.6 Å². The zero-order valence-electron chi connectivity index (χ0n) is 21.2. The molecule has 5 atom stereocenters. The summed E-state index contributed by atoms with van der Waals surface area (Å²) in [6, 6.07) is 14.1. The van der Waals surface area contributed by atoms with Crippen molar-refractivity contribution in [2.24, 2.45) is 17.8 Å². The number of esters is 1. The summed E-state index contributed by atoms with van der Waals surface area (Å²) >= 11 is 0. The van der Waals surface area contributed by atoms with Gasteiger partial charge >= 0.3 is 5.97 Å². The quantitative estimate of drug-likeness (QED) is 0.347. The number of ether oxygens (including phenoxy) is 3. The lowest BCUT2D eigenvalue weighted by atomic mass is 9.49. The third-order valence-corrected chi connectivity index (χ3v) is 8.23. The van der Waals surface area contributed by atoms with Gasteiger partial charge in [-0.2, -0.15) is 0 Å². The van der Waals surface area contributed by atoms with Gasteiger partial charge in [0, 0.05) is 35.8 Å². The molecule has 2 aromatic carbocycles. The van der Waals surface area contributed by atoms with Crippen molar-refractivity contribution in [1.29, 1.82) is 0 Å². The zero-order chi connectivity index (χ0) is 26.7. The minimum Gasteiger partial charge on any atom is -0.507 e. The van der Waals surface area contributed by atoms with Crippen molar-refractivity contribution in [3.63, 3.8) is 0 Å². The molecule has 1 unspecified atom stereocenters. The SMILES string of the molecule is CC(C)=CCC12OC[C@@H]3[C@@H](COC(=O)/C=C/c4ccccc4)[C@@H](C=C4C(=O)c5c(O)cccc5O[C@]431)C2=O. The molecule has 2 heterocycles. The summed E-state index contributed by atoms with van der Waals surface area (Å²) in [6.07, 6.45) is 6.88. The molecule has 0 amide bonds. The van der Waals surface area contributed by atoms with E-state index in [9.17, 15) is 19.5 Å². The summed E-state index contributed by atoms with van der Waals surface area (Å²) < 4.78 is 18.6. The third kappa shape index (κ3) is 3.34. The highest BCUT2D eigenvalue weighted by molar-refractivity contribution is 6.18. The summed E-state index contributed by atoms with van der Waals surface area (Å²) in [5.41, 5.74) is -0.441. The highest BCUT2D eigenvalue weighted by Gasteiger charge is 2.79. The van der Waals surface area contributed by atoms with Crippen LogP contribution in [0.5, 0.6) is 11.5 Å². The van der Waals surface area contributed by atoms with Crippen LogP contribution < -0.4 is 4.74 Å². The average Bonchev–Trinajstić information content (AvgIpc) is 3.19. The first-order valence-electron chi connectivity index (χ1n) is 12.8. The Labute approximate surface area is 220 Å². The summed E-state index contributed by atoms with van der Waals surface area (Å²) in [7, 11) is 0. The van der Waals surface area contributed by atoms with Gasteiger partial charge in [0.15, 0.2) is 22.8 Å². The second-order valence-electron chi connectivity index (χ2n) is 10.6. The number of phenols is 1. The van der Waals surface area contributed by atoms with Gasteiger partial charge in [-0.15, -0.1) is 0 Å². The van der Waals surface area contributed by atoms with Crippen molar-refractivity contribution >= 4 is 23.6 Å². The maximum atomic E-state index is 14.1. The number of carbonyl (C=O) groups is 3. The molecule has 4 bridgehead atoms. The van der Waals surface area contributed by atoms with Crippen LogP contribution in [0.3, 0.4) is 0 Å². The summed E-state index contributed by atoms with van der Waals surface area (Å²) in [6.45, 7) is 4.04. The van der Waals surface area contributed by atoms with E-state index < -0.39 is 34.9 Å². The van der Waals surface area contributed by atoms with E-state index in [1.807, 2.05) is 50.3 Å². The van der Waals surface area contributed by atoms with Crippen molar-refractivity contribution in [2.45, 2.75) is 31.5 Å². The van der Waals surface area contributed by atoms with E-state index in [1.165, 1.54) is 12.1 Å². The smallest absolute Gasteiger partial charge is 0.330 e. The molecule has 2 aromatic rings. The van der Waals surface area contributed by atoms with E-state index >= 15 is 0 Å². The van der Waals surface area contributed by atoms with Crippen LogP contribution in [-0.4, -0.2) is 47.1 Å². The predicted molar refractivity (Wildman–Crippen MR) is 139 cm³/mol. The first-order valence-corrected chi connectivity index (χ1v) is 12.8. The van der Waals surface area contributed by atoms with E-state index in [2.05, 4.69) is 0 Å².